The maximum absolute atomic E-state index is 10.4. The Labute approximate surface area is 142 Å². The molecule has 0 fully saturated rings. The molecule has 23 heavy (non-hydrogen) atoms. The average Bonchev–Trinajstić information content (AvgIpc) is 2.51. The quantitative estimate of drug-likeness (QED) is 0.285. The van der Waals surface area contributed by atoms with Crippen molar-refractivity contribution < 1.29 is 15.0 Å². The number of aliphatic carboxylic acids is 1. The second kappa shape index (κ2) is 17.3. The lowest BCUT2D eigenvalue weighted by molar-refractivity contribution is -0.137. The van der Waals surface area contributed by atoms with E-state index in [0.29, 0.717) is 6.42 Å². The van der Waals surface area contributed by atoms with Crippen LogP contribution in [0.5, 0.6) is 0 Å². The molecule has 0 aromatic carbocycles. The lowest BCUT2D eigenvalue weighted by atomic mass is 10.1. The minimum absolute atomic E-state index is 0.299. The second-order valence-electron chi connectivity index (χ2n) is 6.28. The molecule has 0 aliphatic carbocycles. The Morgan fingerprint density at radius 2 is 1.57 bits per heavy atom. The molecular formula is C20H36O3. The van der Waals surface area contributed by atoms with Crippen molar-refractivity contribution >= 4 is 5.97 Å². The molecule has 0 bridgehead atoms. The van der Waals surface area contributed by atoms with Crippen molar-refractivity contribution in [2.24, 2.45) is 0 Å². The maximum atomic E-state index is 10.4. The SMILES string of the molecule is CCCCCC(O)/C=C/C=C/CCCCCCCCCC(=O)O. The molecule has 0 rings (SSSR count). The summed E-state index contributed by atoms with van der Waals surface area (Å²) in [6.45, 7) is 2.17. The van der Waals surface area contributed by atoms with Gasteiger partial charge < -0.3 is 10.2 Å². The van der Waals surface area contributed by atoms with Crippen LogP contribution in [0.4, 0.5) is 0 Å². The Morgan fingerprint density at radius 3 is 2.22 bits per heavy atom. The van der Waals surface area contributed by atoms with Gasteiger partial charge in [0.15, 0.2) is 0 Å². The topological polar surface area (TPSA) is 57.5 Å². The first-order valence-corrected chi connectivity index (χ1v) is 9.40. The molecule has 3 nitrogen and oxygen atoms in total. The molecule has 0 aromatic heterocycles. The first-order valence-electron chi connectivity index (χ1n) is 9.40. The number of carboxylic acid groups (broad SMARTS) is 1. The highest BCUT2D eigenvalue weighted by atomic mass is 16.4. The summed E-state index contributed by atoms with van der Waals surface area (Å²) in [4.78, 5) is 10.4. The van der Waals surface area contributed by atoms with Crippen LogP contribution in [0.25, 0.3) is 0 Å². The molecule has 1 unspecified atom stereocenters. The number of aliphatic hydroxyl groups is 1. The Kier molecular flexibility index (Phi) is 16.4. The summed E-state index contributed by atoms with van der Waals surface area (Å²) in [6.07, 6.45) is 21.4. The molecule has 0 aromatic rings. The van der Waals surface area contributed by atoms with Crippen molar-refractivity contribution in [1.82, 2.24) is 0 Å². The monoisotopic (exact) mass is 324 g/mol. The minimum atomic E-state index is -0.681. The van der Waals surface area contributed by atoms with Gasteiger partial charge in [-0.3, -0.25) is 4.79 Å². The summed E-state index contributed by atoms with van der Waals surface area (Å²) in [5.41, 5.74) is 0. The van der Waals surface area contributed by atoms with Crippen molar-refractivity contribution in [1.29, 1.82) is 0 Å². The highest BCUT2D eigenvalue weighted by Crippen LogP contribution is 2.10. The van der Waals surface area contributed by atoms with E-state index in [4.69, 9.17) is 5.11 Å². The summed E-state index contributed by atoms with van der Waals surface area (Å²) >= 11 is 0. The van der Waals surface area contributed by atoms with Crippen LogP contribution in [0.15, 0.2) is 24.3 Å². The van der Waals surface area contributed by atoms with Crippen LogP contribution in [0.2, 0.25) is 0 Å². The zero-order chi connectivity index (χ0) is 17.2. The number of rotatable bonds is 16. The fourth-order valence-electron chi connectivity index (χ4n) is 2.49. The van der Waals surface area contributed by atoms with E-state index in [1.165, 1.54) is 38.5 Å². The van der Waals surface area contributed by atoms with Crippen LogP contribution in [0.1, 0.15) is 90.4 Å². The smallest absolute Gasteiger partial charge is 0.303 e. The molecule has 1 atom stereocenters. The second-order valence-corrected chi connectivity index (χ2v) is 6.28. The number of unbranched alkanes of at least 4 members (excludes halogenated alkanes) is 9. The molecule has 0 spiro atoms. The summed E-state index contributed by atoms with van der Waals surface area (Å²) in [6, 6.07) is 0. The average molecular weight is 325 g/mol. The molecule has 0 aliphatic rings. The van der Waals surface area contributed by atoms with E-state index < -0.39 is 5.97 Å². The van der Waals surface area contributed by atoms with Crippen molar-refractivity contribution in [2.75, 3.05) is 0 Å². The van der Waals surface area contributed by atoms with E-state index in [0.717, 1.165) is 38.5 Å². The van der Waals surface area contributed by atoms with Gasteiger partial charge in [-0.1, -0.05) is 82.6 Å². The van der Waals surface area contributed by atoms with Crippen LogP contribution in [-0.4, -0.2) is 22.3 Å². The zero-order valence-corrected chi connectivity index (χ0v) is 14.9. The van der Waals surface area contributed by atoms with Gasteiger partial charge in [-0.25, -0.2) is 0 Å². The van der Waals surface area contributed by atoms with Gasteiger partial charge in [-0.2, -0.15) is 0 Å². The lowest BCUT2D eigenvalue weighted by Gasteiger charge is -2.03. The van der Waals surface area contributed by atoms with Gasteiger partial charge in [0.2, 0.25) is 0 Å². The van der Waals surface area contributed by atoms with E-state index in [1.54, 1.807) is 0 Å². The molecule has 0 heterocycles. The number of aliphatic hydroxyl groups excluding tert-OH is 1. The summed E-state index contributed by atoms with van der Waals surface area (Å²) < 4.78 is 0. The molecule has 0 aliphatic heterocycles. The molecule has 134 valence electrons. The van der Waals surface area contributed by atoms with Crippen molar-refractivity contribution in [3.63, 3.8) is 0 Å². The van der Waals surface area contributed by atoms with Gasteiger partial charge in [-0.15, -0.1) is 0 Å². The molecule has 0 saturated heterocycles. The van der Waals surface area contributed by atoms with Gasteiger partial charge in [0.25, 0.3) is 0 Å². The highest BCUT2D eigenvalue weighted by Gasteiger charge is 1.97. The summed E-state index contributed by atoms with van der Waals surface area (Å²) in [5.74, 6) is -0.681. The standard InChI is InChI=1S/C20H36O3/c1-2-3-13-16-19(21)17-14-11-9-7-5-4-6-8-10-12-15-18-20(22)23/h9,11,14,17,19,21H,2-8,10,12-13,15-16,18H2,1H3,(H,22,23)/b11-9+,17-14+. The third-order valence-electron chi connectivity index (χ3n) is 3.95. The van der Waals surface area contributed by atoms with E-state index in [-0.39, 0.29) is 6.10 Å². The van der Waals surface area contributed by atoms with Gasteiger partial charge >= 0.3 is 5.97 Å². The van der Waals surface area contributed by atoms with Crippen LogP contribution >= 0.6 is 0 Å². The number of carbonyl (C=O) groups is 1. The van der Waals surface area contributed by atoms with Gasteiger partial charge in [0.05, 0.1) is 6.10 Å². The third kappa shape index (κ3) is 18.9. The van der Waals surface area contributed by atoms with Gasteiger partial charge in [0.1, 0.15) is 0 Å². The molecular weight excluding hydrogens is 288 g/mol. The van der Waals surface area contributed by atoms with E-state index in [1.807, 2.05) is 18.2 Å². The molecule has 0 amide bonds. The largest absolute Gasteiger partial charge is 0.481 e. The predicted molar refractivity (Wildman–Crippen MR) is 97.6 cm³/mol. The van der Waals surface area contributed by atoms with Crippen molar-refractivity contribution in [3.8, 4) is 0 Å². The minimum Gasteiger partial charge on any atom is -0.481 e. The number of carboxylic acids is 1. The van der Waals surface area contributed by atoms with Crippen LogP contribution in [0.3, 0.4) is 0 Å². The van der Waals surface area contributed by atoms with Crippen LogP contribution in [-0.2, 0) is 4.79 Å². The van der Waals surface area contributed by atoms with Gasteiger partial charge in [0, 0.05) is 6.42 Å². The van der Waals surface area contributed by atoms with Crippen molar-refractivity contribution in [2.45, 2.75) is 96.5 Å². The lowest BCUT2D eigenvalue weighted by Crippen LogP contribution is -2.00. The predicted octanol–water partition coefficient (Wildman–Crippen LogP) is 5.64. The zero-order valence-electron chi connectivity index (χ0n) is 14.9. The number of hydrogen-bond donors (Lipinski definition) is 2. The molecule has 0 saturated carbocycles. The van der Waals surface area contributed by atoms with E-state index in [2.05, 4.69) is 13.0 Å². The maximum Gasteiger partial charge on any atom is 0.303 e. The number of hydrogen-bond acceptors (Lipinski definition) is 2. The van der Waals surface area contributed by atoms with Crippen LogP contribution in [0, 0.1) is 0 Å². The normalized spacial score (nSPS) is 13.1. The van der Waals surface area contributed by atoms with E-state index in [9.17, 15) is 9.90 Å². The third-order valence-corrected chi connectivity index (χ3v) is 3.95. The Balaban J connectivity index is 3.32. The Bertz CT molecular complexity index is 321. The first-order chi connectivity index (χ1) is 11.2. The number of allylic oxidation sites excluding steroid dienone is 3. The fraction of sp³-hybridized carbons (Fsp3) is 0.750. The Morgan fingerprint density at radius 1 is 0.913 bits per heavy atom. The molecule has 0 radical (unpaired) electrons. The first kappa shape index (κ1) is 21.9. The molecule has 2 N–H and O–H groups in total. The summed E-state index contributed by atoms with van der Waals surface area (Å²) in [5, 5.41) is 18.2. The fourth-order valence-corrected chi connectivity index (χ4v) is 2.49. The van der Waals surface area contributed by atoms with E-state index >= 15 is 0 Å². The Hall–Kier alpha value is -1.09. The summed E-state index contributed by atoms with van der Waals surface area (Å²) in [7, 11) is 0. The highest BCUT2D eigenvalue weighted by molar-refractivity contribution is 5.66. The van der Waals surface area contributed by atoms with Crippen molar-refractivity contribution in [3.05, 3.63) is 24.3 Å². The van der Waals surface area contributed by atoms with Gasteiger partial charge in [-0.05, 0) is 25.7 Å². The van der Waals surface area contributed by atoms with Crippen LogP contribution < -0.4 is 0 Å². The molecule has 3 heteroatoms.